The molecule has 1 saturated heterocycles. The summed E-state index contributed by atoms with van der Waals surface area (Å²) in [5, 5.41) is 28.0. The maximum atomic E-state index is 10.7. The van der Waals surface area contributed by atoms with Gasteiger partial charge in [-0.25, -0.2) is 4.18 Å². The number of hydrogen-bond acceptors (Lipinski definition) is 9. The summed E-state index contributed by atoms with van der Waals surface area (Å²) in [4.78, 5) is 0. The minimum atomic E-state index is -5.12. The molecule has 0 amide bonds. The van der Waals surface area contributed by atoms with E-state index < -0.39 is 58.0 Å². The minimum Gasteiger partial charge on any atom is -0.394 e. The lowest BCUT2D eigenvalue weighted by Crippen LogP contribution is -2.65. The van der Waals surface area contributed by atoms with E-state index in [4.69, 9.17) is 14.2 Å². The summed E-state index contributed by atoms with van der Waals surface area (Å²) in [5.74, 6) is 0. The molecule has 5 unspecified atom stereocenters. The van der Waals surface area contributed by atoms with Crippen LogP contribution < -0.4 is 4.72 Å². The van der Waals surface area contributed by atoms with E-state index in [9.17, 15) is 27.0 Å². The molecule has 1 heterocycles. The van der Waals surface area contributed by atoms with Crippen molar-refractivity contribution in [3.05, 3.63) is 0 Å². The minimum absolute atomic E-state index is 0.847. The van der Waals surface area contributed by atoms with E-state index in [1.807, 2.05) is 0 Å². The van der Waals surface area contributed by atoms with Crippen LogP contribution in [0, 0.1) is 0 Å². The number of rotatable bonds is 5. The summed E-state index contributed by atoms with van der Waals surface area (Å²) >= 11 is 0. The first-order valence-corrected chi connectivity index (χ1v) is 7.78. The maximum Gasteiger partial charge on any atom is 0.397 e. The predicted octanol–water partition coefficient (Wildman–Crippen LogP) is -3.99. The van der Waals surface area contributed by atoms with Gasteiger partial charge in [-0.3, -0.25) is 9.11 Å². The zero-order valence-electron chi connectivity index (χ0n) is 9.60. The Labute approximate surface area is 113 Å². The van der Waals surface area contributed by atoms with Crippen molar-refractivity contribution >= 4 is 20.7 Å². The molecule has 1 aliphatic heterocycles. The number of aliphatic hydroxyl groups excluding tert-OH is 3. The molecule has 120 valence electrons. The van der Waals surface area contributed by atoms with Gasteiger partial charge in [-0.2, -0.15) is 21.6 Å². The molecule has 0 aromatic carbocycles. The van der Waals surface area contributed by atoms with Crippen molar-refractivity contribution in [1.29, 1.82) is 0 Å². The Bertz CT molecular complexity index is 529. The molecule has 0 aromatic heterocycles. The summed E-state index contributed by atoms with van der Waals surface area (Å²) in [6, 6.07) is -1.91. The number of ether oxygens (including phenoxy) is 1. The highest BCUT2D eigenvalue weighted by Crippen LogP contribution is 2.23. The first-order valence-electron chi connectivity index (χ1n) is 4.97. The Morgan fingerprint density at radius 3 is 2.10 bits per heavy atom. The van der Waals surface area contributed by atoms with Crippen LogP contribution in [0.4, 0.5) is 0 Å². The molecule has 5 atom stereocenters. The third-order valence-corrected chi connectivity index (χ3v) is 3.43. The van der Waals surface area contributed by atoms with E-state index in [0.717, 1.165) is 0 Å². The molecule has 0 saturated carbocycles. The van der Waals surface area contributed by atoms with Crippen molar-refractivity contribution in [3.63, 3.8) is 0 Å². The monoisotopic (exact) mass is 339 g/mol. The molecular formula is C6H13NO11S2. The summed E-state index contributed by atoms with van der Waals surface area (Å²) in [6.45, 7) is -0.847. The zero-order chi connectivity index (χ0) is 15.7. The summed E-state index contributed by atoms with van der Waals surface area (Å²) in [7, 11) is -10.0. The molecule has 0 radical (unpaired) electrons. The van der Waals surface area contributed by atoms with Gasteiger partial charge in [-0.15, -0.1) is 0 Å². The van der Waals surface area contributed by atoms with Crippen molar-refractivity contribution in [2.45, 2.75) is 30.6 Å². The second kappa shape index (κ2) is 6.14. The highest BCUT2D eigenvalue weighted by Gasteiger charge is 2.48. The van der Waals surface area contributed by atoms with Crippen molar-refractivity contribution in [3.8, 4) is 0 Å². The fourth-order valence-corrected chi connectivity index (χ4v) is 2.76. The summed E-state index contributed by atoms with van der Waals surface area (Å²) < 4.78 is 69.8. The topological polar surface area (TPSA) is 200 Å². The molecule has 6 N–H and O–H groups in total. The normalized spacial score (nSPS) is 36.0. The van der Waals surface area contributed by atoms with Gasteiger partial charge in [0, 0.05) is 0 Å². The fraction of sp³-hybridized carbons (Fsp3) is 1.00. The van der Waals surface area contributed by atoms with Crippen molar-refractivity contribution < 1.29 is 50.2 Å². The van der Waals surface area contributed by atoms with Crippen LogP contribution in [0.25, 0.3) is 0 Å². The lowest BCUT2D eigenvalue weighted by Gasteiger charge is -2.40. The molecule has 0 aliphatic carbocycles. The van der Waals surface area contributed by atoms with E-state index in [2.05, 4.69) is 8.92 Å². The van der Waals surface area contributed by atoms with Crippen molar-refractivity contribution in [1.82, 2.24) is 4.72 Å². The Morgan fingerprint density at radius 2 is 1.70 bits per heavy atom. The van der Waals surface area contributed by atoms with Crippen LogP contribution in [0.2, 0.25) is 0 Å². The maximum absolute atomic E-state index is 10.7. The Kier molecular flexibility index (Phi) is 5.41. The molecule has 0 bridgehead atoms. The van der Waals surface area contributed by atoms with Crippen LogP contribution in [0.5, 0.6) is 0 Å². The van der Waals surface area contributed by atoms with E-state index in [1.165, 1.54) is 4.72 Å². The fourth-order valence-electron chi connectivity index (χ4n) is 1.65. The Hall–Kier alpha value is -0.420. The number of hydrogen-bond donors (Lipinski definition) is 6. The molecule has 1 rings (SSSR count). The van der Waals surface area contributed by atoms with Gasteiger partial charge in [0.25, 0.3) is 0 Å². The van der Waals surface area contributed by atoms with Gasteiger partial charge >= 0.3 is 20.7 Å². The molecule has 14 heteroatoms. The lowest BCUT2D eigenvalue weighted by atomic mass is 9.97. The zero-order valence-corrected chi connectivity index (χ0v) is 11.2. The van der Waals surface area contributed by atoms with Gasteiger partial charge in [0.15, 0.2) is 6.29 Å². The van der Waals surface area contributed by atoms with Crippen LogP contribution in [0.3, 0.4) is 0 Å². The summed E-state index contributed by atoms with van der Waals surface area (Å²) in [5.41, 5.74) is 0. The van der Waals surface area contributed by atoms with E-state index in [1.54, 1.807) is 0 Å². The van der Waals surface area contributed by atoms with E-state index >= 15 is 0 Å². The average molecular weight is 339 g/mol. The molecule has 1 aliphatic rings. The number of aliphatic hydroxyl groups is 3. The first-order chi connectivity index (χ1) is 8.94. The van der Waals surface area contributed by atoms with Crippen LogP contribution in [0.1, 0.15) is 0 Å². The predicted molar refractivity (Wildman–Crippen MR) is 58.9 cm³/mol. The van der Waals surface area contributed by atoms with Gasteiger partial charge in [-0.05, 0) is 0 Å². The van der Waals surface area contributed by atoms with Crippen molar-refractivity contribution in [2.24, 2.45) is 0 Å². The van der Waals surface area contributed by atoms with Crippen LogP contribution >= 0.6 is 0 Å². The van der Waals surface area contributed by atoms with Crippen molar-refractivity contribution in [2.75, 3.05) is 6.61 Å². The Balaban J connectivity index is 3.09. The molecular weight excluding hydrogens is 326 g/mol. The molecule has 20 heavy (non-hydrogen) atoms. The van der Waals surface area contributed by atoms with Gasteiger partial charge in [0.1, 0.15) is 18.3 Å². The standard InChI is InChI=1S/C6H13NO11S2/c8-1-2-4(9)3(7-19(11,12)13)5(6(10)17-2)18-20(14,15)16/h2-10H,1H2,(H,11,12,13)(H,14,15,16). The highest BCUT2D eigenvalue weighted by molar-refractivity contribution is 7.83. The van der Waals surface area contributed by atoms with E-state index in [-0.39, 0.29) is 0 Å². The van der Waals surface area contributed by atoms with Crippen LogP contribution in [0.15, 0.2) is 0 Å². The second-order valence-corrected chi connectivity index (χ2v) is 6.08. The quantitative estimate of drug-likeness (QED) is 0.267. The molecule has 0 spiro atoms. The molecule has 0 aromatic rings. The van der Waals surface area contributed by atoms with E-state index in [0.29, 0.717) is 0 Å². The third kappa shape index (κ3) is 4.85. The smallest absolute Gasteiger partial charge is 0.394 e. The average Bonchev–Trinajstić information content (AvgIpc) is 2.25. The first kappa shape index (κ1) is 17.6. The Morgan fingerprint density at radius 1 is 1.15 bits per heavy atom. The SMILES string of the molecule is O=S(=O)(O)NC1C(O)C(CO)OC(O)C1OS(=O)(=O)O. The number of nitrogens with one attached hydrogen (secondary N) is 1. The summed E-state index contributed by atoms with van der Waals surface area (Å²) in [6.07, 6.45) is -7.57. The van der Waals surface area contributed by atoms with Gasteiger partial charge in [0.05, 0.1) is 12.6 Å². The lowest BCUT2D eigenvalue weighted by molar-refractivity contribution is -0.254. The van der Waals surface area contributed by atoms with Crippen LogP contribution in [-0.4, -0.2) is 78.5 Å². The largest absolute Gasteiger partial charge is 0.397 e. The third-order valence-electron chi connectivity index (χ3n) is 2.40. The second-order valence-electron chi connectivity index (χ2n) is 3.85. The van der Waals surface area contributed by atoms with Gasteiger partial charge in [-0.1, -0.05) is 0 Å². The molecule has 12 nitrogen and oxygen atoms in total. The van der Waals surface area contributed by atoms with Gasteiger partial charge < -0.3 is 20.1 Å². The van der Waals surface area contributed by atoms with Gasteiger partial charge in [0.2, 0.25) is 0 Å². The highest BCUT2D eigenvalue weighted by atomic mass is 32.3. The van der Waals surface area contributed by atoms with Crippen LogP contribution in [-0.2, 0) is 29.6 Å². The molecule has 1 fully saturated rings.